The molecule has 1 saturated carbocycles. The summed E-state index contributed by atoms with van der Waals surface area (Å²) in [5, 5.41) is 13.4. The average Bonchev–Trinajstić information content (AvgIpc) is 3.19. The van der Waals surface area contributed by atoms with Crippen molar-refractivity contribution in [2.24, 2.45) is 10.9 Å². The molecule has 0 aromatic heterocycles. The first-order valence-corrected chi connectivity index (χ1v) is 8.73. The van der Waals surface area contributed by atoms with E-state index in [1.165, 1.54) is 6.42 Å². The molecule has 2 N–H and O–H groups in total. The van der Waals surface area contributed by atoms with Gasteiger partial charge in [0.2, 0.25) is 0 Å². The van der Waals surface area contributed by atoms with Gasteiger partial charge in [0.1, 0.15) is 0 Å². The SMILES string of the molecule is CN=C(NCC1CCCC1O)N1CCC(N2CCOCC2)C1. The van der Waals surface area contributed by atoms with Crippen LogP contribution >= 0.6 is 0 Å². The predicted octanol–water partition coefficient (Wildman–Crippen LogP) is 0.129. The Hall–Kier alpha value is -0.850. The fourth-order valence-electron chi connectivity index (χ4n) is 3.98. The van der Waals surface area contributed by atoms with Gasteiger partial charge in [-0.05, 0) is 19.3 Å². The van der Waals surface area contributed by atoms with Crippen LogP contribution in [0.2, 0.25) is 0 Å². The molecule has 3 rings (SSSR count). The van der Waals surface area contributed by atoms with E-state index in [0.29, 0.717) is 12.0 Å². The Morgan fingerprint density at radius 3 is 2.73 bits per heavy atom. The second-order valence-electron chi connectivity index (χ2n) is 6.72. The molecule has 0 amide bonds. The van der Waals surface area contributed by atoms with E-state index < -0.39 is 0 Å². The Morgan fingerprint density at radius 1 is 1.23 bits per heavy atom. The van der Waals surface area contributed by atoms with E-state index >= 15 is 0 Å². The first-order chi connectivity index (χ1) is 10.8. The lowest BCUT2D eigenvalue weighted by Gasteiger charge is -2.32. The maximum absolute atomic E-state index is 9.94. The minimum absolute atomic E-state index is 0.134. The van der Waals surface area contributed by atoms with Crippen LogP contribution in [0, 0.1) is 5.92 Å². The van der Waals surface area contributed by atoms with E-state index in [1.807, 2.05) is 7.05 Å². The van der Waals surface area contributed by atoms with Gasteiger partial charge in [0.15, 0.2) is 5.96 Å². The van der Waals surface area contributed by atoms with Gasteiger partial charge in [-0.3, -0.25) is 9.89 Å². The van der Waals surface area contributed by atoms with Gasteiger partial charge < -0.3 is 20.1 Å². The highest BCUT2D eigenvalue weighted by atomic mass is 16.5. The Kier molecular flexibility index (Phi) is 5.55. The first kappa shape index (κ1) is 16.0. The normalized spacial score (nSPS) is 34.4. The van der Waals surface area contributed by atoms with Crippen LogP contribution < -0.4 is 5.32 Å². The van der Waals surface area contributed by atoms with E-state index in [9.17, 15) is 5.11 Å². The van der Waals surface area contributed by atoms with E-state index in [1.54, 1.807) is 0 Å². The highest BCUT2D eigenvalue weighted by molar-refractivity contribution is 5.80. The molecule has 0 aromatic carbocycles. The van der Waals surface area contributed by atoms with Gasteiger partial charge >= 0.3 is 0 Å². The maximum Gasteiger partial charge on any atom is 0.193 e. The second-order valence-corrected chi connectivity index (χ2v) is 6.72. The van der Waals surface area contributed by atoms with Crippen LogP contribution in [-0.4, -0.2) is 86.0 Å². The lowest BCUT2D eigenvalue weighted by Crippen LogP contribution is -2.47. The number of ether oxygens (including phenoxy) is 1. The van der Waals surface area contributed by atoms with E-state index in [4.69, 9.17) is 4.74 Å². The summed E-state index contributed by atoms with van der Waals surface area (Å²) in [5.41, 5.74) is 0. The van der Waals surface area contributed by atoms with E-state index in [2.05, 4.69) is 20.1 Å². The van der Waals surface area contributed by atoms with E-state index in [-0.39, 0.29) is 6.10 Å². The first-order valence-electron chi connectivity index (χ1n) is 8.73. The molecule has 3 fully saturated rings. The minimum atomic E-state index is -0.134. The Labute approximate surface area is 133 Å². The van der Waals surface area contributed by atoms with Crippen molar-refractivity contribution >= 4 is 5.96 Å². The van der Waals surface area contributed by atoms with Gasteiger partial charge in [-0.2, -0.15) is 0 Å². The van der Waals surface area contributed by atoms with Crippen LogP contribution in [0.4, 0.5) is 0 Å². The number of rotatable bonds is 3. The highest BCUT2D eigenvalue weighted by Crippen LogP contribution is 2.25. The van der Waals surface area contributed by atoms with Crippen molar-refractivity contribution in [2.75, 3.05) is 53.0 Å². The summed E-state index contributed by atoms with van der Waals surface area (Å²) >= 11 is 0. The molecule has 22 heavy (non-hydrogen) atoms. The molecule has 126 valence electrons. The van der Waals surface area contributed by atoms with Gasteiger partial charge in [0.05, 0.1) is 19.3 Å². The number of hydrogen-bond donors (Lipinski definition) is 2. The zero-order chi connectivity index (χ0) is 15.4. The van der Waals surface area contributed by atoms with Crippen LogP contribution in [0.15, 0.2) is 4.99 Å². The summed E-state index contributed by atoms with van der Waals surface area (Å²) in [6.07, 6.45) is 4.29. The molecule has 1 aliphatic carbocycles. The molecule has 2 heterocycles. The standard InChI is InChI=1S/C16H30N4O2/c1-17-16(18-11-13-3-2-4-15(13)21)20-6-5-14(12-20)19-7-9-22-10-8-19/h13-15,21H,2-12H2,1H3,(H,17,18). The third-order valence-electron chi connectivity index (χ3n) is 5.38. The minimum Gasteiger partial charge on any atom is -0.393 e. The zero-order valence-corrected chi connectivity index (χ0v) is 13.7. The molecule has 2 saturated heterocycles. The number of likely N-dealkylation sites (tertiary alicyclic amines) is 1. The van der Waals surface area contributed by atoms with Crippen LogP contribution in [-0.2, 0) is 4.74 Å². The molecule has 3 atom stereocenters. The fraction of sp³-hybridized carbons (Fsp3) is 0.938. The van der Waals surface area contributed by atoms with Crippen molar-refractivity contribution in [2.45, 2.75) is 37.8 Å². The molecule has 0 bridgehead atoms. The van der Waals surface area contributed by atoms with Crippen molar-refractivity contribution < 1.29 is 9.84 Å². The van der Waals surface area contributed by atoms with Crippen molar-refractivity contribution in [1.82, 2.24) is 15.1 Å². The van der Waals surface area contributed by atoms with Gasteiger partial charge in [0.25, 0.3) is 0 Å². The topological polar surface area (TPSA) is 60.3 Å². The summed E-state index contributed by atoms with van der Waals surface area (Å²) in [6.45, 7) is 6.79. The molecule has 6 heteroatoms. The quantitative estimate of drug-likeness (QED) is 0.573. The van der Waals surface area contributed by atoms with Crippen molar-refractivity contribution in [3.05, 3.63) is 0 Å². The average molecular weight is 310 g/mol. The second kappa shape index (κ2) is 7.62. The Balaban J connectivity index is 1.47. The number of aliphatic imine (C=N–C) groups is 1. The van der Waals surface area contributed by atoms with Gasteiger partial charge in [-0.1, -0.05) is 6.42 Å². The van der Waals surface area contributed by atoms with E-state index in [0.717, 1.165) is 71.2 Å². The summed E-state index contributed by atoms with van der Waals surface area (Å²) in [5.74, 6) is 1.38. The van der Waals surface area contributed by atoms with Gasteiger partial charge in [-0.25, -0.2) is 0 Å². The summed E-state index contributed by atoms with van der Waals surface area (Å²) in [7, 11) is 1.86. The predicted molar refractivity (Wildman–Crippen MR) is 87.1 cm³/mol. The third kappa shape index (κ3) is 3.73. The smallest absolute Gasteiger partial charge is 0.193 e. The lowest BCUT2D eigenvalue weighted by molar-refractivity contribution is 0.0194. The highest BCUT2D eigenvalue weighted by Gasteiger charge is 2.31. The number of guanidine groups is 1. The number of aliphatic hydroxyl groups is 1. The molecule has 6 nitrogen and oxygen atoms in total. The molecular weight excluding hydrogens is 280 g/mol. The largest absolute Gasteiger partial charge is 0.393 e. The molecule has 2 aliphatic heterocycles. The summed E-state index contributed by atoms with van der Waals surface area (Å²) in [6, 6.07) is 0.625. The monoisotopic (exact) mass is 310 g/mol. The van der Waals surface area contributed by atoms with Crippen LogP contribution in [0.25, 0.3) is 0 Å². The molecule has 3 aliphatic rings. The zero-order valence-electron chi connectivity index (χ0n) is 13.7. The molecule has 3 unspecified atom stereocenters. The number of morpholine rings is 1. The Bertz CT molecular complexity index is 384. The van der Waals surface area contributed by atoms with Crippen LogP contribution in [0.3, 0.4) is 0 Å². The summed E-state index contributed by atoms with van der Waals surface area (Å²) < 4.78 is 5.45. The van der Waals surface area contributed by atoms with Crippen molar-refractivity contribution in [3.8, 4) is 0 Å². The molecule has 0 spiro atoms. The summed E-state index contributed by atoms with van der Waals surface area (Å²) in [4.78, 5) is 9.36. The van der Waals surface area contributed by atoms with Gasteiger partial charge in [-0.15, -0.1) is 0 Å². The van der Waals surface area contributed by atoms with Crippen molar-refractivity contribution in [3.63, 3.8) is 0 Å². The van der Waals surface area contributed by atoms with Crippen LogP contribution in [0.5, 0.6) is 0 Å². The molecular formula is C16H30N4O2. The number of nitrogens with one attached hydrogen (secondary N) is 1. The Morgan fingerprint density at radius 2 is 2.05 bits per heavy atom. The van der Waals surface area contributed by atoms with Crippen LogP contribution in [0.1, 0.15) is 25.7 Å². The number of nitrogens with zero attached hydrogens (tertiary/aromatic N) is 3. The maximum atomic E-state index is 9.94. The molecule has 0 aromatic rings. The number of hydrogen-bond acceptors (Lipinski definition) is 4. The fourth-order valence-corrected chi connectivity index (χ4v) is 3.98. The van der Waals surface area contributed by atoms with Gasteiger partial charge in [0, 0.05) is 51.7 Å². The number of aliphatic hydroxyl groups excluding tert-OH is 1. The third-order valence-corrected chi connectivity index (χ3v) is 5.38. The van der Waals surface area contributed by atoms with Crippen molar-refractivity contribution in [1.29, 1.82) is 0 Å². The molecule has 0 radical (unpaired) electrons. The lowest BCUT2D eigenvalue weighted by atomic mass is 10.1.